The third-order valence-corrected chi connectivity index (χ3v) is 3.17. The van der Waals surface area contributed by atoms with Crippen LogP contribution in [0, 0.1) is 11.3 Å². The molecule has 1 rings (SSSR count). The average Bonchev–Trinajstić information content (AvgIpc) is 2.51. The van der Waals surface area contributed by atoms with Crippen molar-refractivity contribution in [3.63, 3.8) is 0 Å². The molecule has 1 amide bonds. The minimum Gasteiger partial charge on any atom is -0.456 e. The minimum atomic E-state index is -0.610. The van der Waals surface area contributed by atoms with E-state index in [1.165, 1.54) is 0 Å². The summed E-state index contributed by atoms with van der Waals surface area (Å²) in [5.74, 6) is -1.24. The Bertz CT molecular complexity index is 578. The Hall–Kier alpha value is -2.20. The molecule has 0 radical (unpaired) electrons. The second-order valence-electron chi connectivity index (χ2n) is 4.35. The van der Waals surface area contributed by atoms with Gasteiger partial charge in [0, 0.05) is 23.0 Å². The summed E-state index contributed by atoms with van der Waals surface area (Å²) in [5.41, 5.74) is 0.519. The first-order valence-corrected chi connectivity index (χ1v) is 7.40. The molecule has 1 N–H and O–H groups in total. The molecule has 7 heteroatoms. The number of ether oxygens (including phenoxy) is 1. The lowest BCUT2D eigenvalue weighted by molar-refractivity contribution is -0.148. The number of hydrogen-bond acceptors (Lipinski definition) is 5. The van der Waals surface area contributed by atoms with Crippen LogP contribution in [0.25, 0.3) is 0 Å². The zero-order valence-electron chi connectivity index (χ0n) is 11.8. The van der Waals surface area contributed by atoms with E-state index in [4.69, 9.17) is 10.00 Å². The molecule has 0 saturated carbocycles. The van der Waals surface area contributed by atoms with E-state index >= 15 is 0 Å². The van der Waals surface area contributed by atoms with Crippen LogP contribution in [0.15, 0.2) is 28.7 Å². The number of esters is 1. The van der Waals surface area contributed by atoms with Gasteiger partial charge >= 0.3 is 5.97 Å². The number of nitrogens with zero attached hydrogens (tertiary/aromatic N) is 1. The van der Waals surface area contributed by atoms with E-state index in [-0.39, 0.29) is 31.6 Å². The molecular formula is C15H15BrN2O4. The fourth-order valence-corrected chi connectivity index (χ4v) is 1.79. The molecule has 0 saturated heterocycles. The molecule has 0 bridgehead atoms. The number of benzene rings is 1. The van der Waals surface area contributed by atoms with E-state index in [0.717, 1.165) is 4.47 Å². The Balaban J connectivity index is 2.25. The molecule has 0 fully saturated rings. The standard InChI is InChI=1S/C15H15BrN2O4/c16-12-4-2-11(3-5-12)13(19)6-7-15(21)22-10-14(20)18-9-1-8-17/h2-5H,1,6-7,9-10H2,(H,18,20). The number of halogens is 1. The number of carbonyl (C=O) groups is 3. The van der Waals surface area contributed by atoms with Crippen LogP contribution in [0.5, 0.6) is 0 Å². The summed E-state index contributed by atoms with van der Waals surface area (Å²) in [5, 5.41) is 10.7. The van der Waals surface area contributed by atoms with Gasteiger partial charge in [0.05, 0.1) is 18.9 Å². The molecule has 0 spiro atoms. The van der Waals surface area contributed by atoms with Crippen molar-refractivity contribution in [3.05, 3.63) is 34.3 Å². The highest BCUT2D eigenvalue weighted by Gasteiger charge is 2.11. The van der Waals surface area contributed by atoms with Gasteiger partial charge in [-0.15, -0.1) is 0 Å². The number of nitrogens with one attached hydrogen (secondary N) is 1. The highest BCUT2D eigenvalue weighted by atomic mass is 79.9. The Labute approximate surface area is 136 Å². The molecule has 116 valence electrons. The number of rotatable bonds is 8. The molecule has 0 aliphatic heterocycles. The molecule has 0 unspecified atom stereocenters. The Morgan fingerprint density at radius 2 is 1.86 bits per heavy atom. The van der Waals surface area contributed by atoms with E-state index in [9.17, 15) is 14.4 Å². The van der Waals surface area contributed by atoms with Crippen LogP contribution < -0.4 is 5.32 Å². The zero-order valence-corrected chi connectivity index (χ0v) is 13.4. The average molecular weight is 367 g/mol. The lowest BCUT2D eigenvalue weighted by atomic mass is 10.1. The fraction of sp³-hybridized carbons (Fsp3) is 0.333. The van der Waals surface area contributed by atoms with Gasteiger partial charge in [0.1, 0.15) is 0 Å². The highest BCUT2D eigenvalue weighted by Crippen LogP contribution is 2.12. The Kier molecular flexibility index (Phi) is 7.86. The summed E-state index contributed by atoms with van der Waals surface area (Å²) in [6.07, 6.45) is 0.137. The van der Waals surface area contributed by atoms with Gasteiger partial charge < -0.3 is 10.1 Å². The maximum Gasteiger partial charge on any atom is 0.306 e. The zero-order chi connectivity index (χ0) is 16.4. The number of amides is 1. The summed E-state index contributed by atoms with van der Waals surface area (Å²) >= 11 is 3.27. The predicted octanol–water partition coefficient (Wildman–Crippen LogP) is 1.99. The number of ketones is 1. The second-order valence-corrected chi connectivity index (χ2v) is 5.26. The van der Waals surface area contributed by atoms with Crippen LogP contribution in [0.1, 0.15) is 29.6 Å². The third-order valence-electron chi connectivity index (χ3n) is 2.65. The van der Waals surface area contributed by atoms with Gasteiger partial charge in [0.25, 0.3) is 5.91 Å². The van der Waals surface area contributed by atoms with Gasteiger partial charge in [0.2, 0.25) is 0 Å². The van der Waals surface area contributed by atoms with E-state index in [1.807, 2.05) is 6.07 Å². The Morgan fingerprint density at radius 3 is 2.50 bits per heavy atom. The van der Waals surface area contributed by atoms with Crippen molar-refractivity contribution in [2.24, 2.45) is 0 Å². The number of carbonyl (C=O) groups excluding carboxylic acids is 3. The van der Waals surface area contributed by atoms with Crippen LogP contribution in [-0.2, 0) is 14.3 Å². The largest absolute Gasteiger partial charge is 0.456 e. The quantitative estimate of drug-likeness (QED) is 0.431. The molecular weight excluding hydrogens is 352 g/mol. The van der Waals surface area contributed by atoms with E-state index in [1.54, 1.807) is 24.3 Å². The maximum absolute atomic E-state index is 11.8. The van der Waals surface area contributed by atoms with Crippen molar-refractivity contribution in [1.82, 2.24) is 5.32 Å². The van der Waals surface area contributed by atoms with Crippen LogP contribution in [0.4, 0.5) is 0 Å². The van der Waals surface area contributed by atoms with Gasteiger partial charge in [-0.05, 0) is 12.1 Å². The van der Waals surface area contributed by atoms with Gasteiger partial charge in [-0.25, -0.2) is 0 Å². The van der Waals surface area contributed by atoms with Crippen molar-refractivity contribution in [2.75, 3.05) is 13.2 Å². The summed E-state index contributed by atoms with van der Waals surface area (Å²) in [6, 6.07) is 8.71. The van der Waals surface area contributed by atoms with Crippen LogP contribution >= 0.6 is 15.9 Å². The number of nitriles is 1. The molecule has 22 heavy (non-hydrogen) atoms. The molecule has 0 aliphatic rings. The number of hydrogen-bond donors (Lipinski definition) is 1. The van der Waals surface area contributed by atoms with E-state index < -0.39 is 18.5 Å². The first-order chi connectivity index (χ1) is 10.5. The topological polar surface area (TPSA) is 96.3 Å². The van der Waals surface area contributed by atoms with E-state index in [2.05, 4.69) is 21.2 Å². The van der Waals surface area contributed by atoms with Crippen LogP contribution in [-0.4, -0.2) is 30.8 Å². The highest BCUT2D eigenvalue weighted by molar-refractivity contribution is 9.10. The van der Waals surface area contributed by atoms with Crippen LogP contribution in [0.2, 0.25) is 0 Å². The van der Waals surface area contributed by atoms with Crippen molar-refractivity contribution in [1.29, 1.82) is 5.26 Å². The molecule has 1 aromatic rings. The van der Waals surface area contributed by atoms with Crippen molar-refractivity contribution in [2.45, 2.75) is 19.3 Å². The number of Topliss-reactive ketones (excluding diaryl/α,β-unsaturated/α-hetero) is 1. The fourth-order valence-electron chi connectivity index (χ4n) is 1.52. The molecule has 0 heterocycles. The molecule has 6 nitrogen and oxygen atoms in total. The first-order valence-electron chi connectivity index (χ1n) is 6.61. The molecule has 0 aliphatic carbocycles. The van der Waals surface area contributed by atoms with Crippen molar-refractivity contribution in [3.8, 4) is 6.07 Å². The predicted molar refractivity (Wildman–Crippen MR) is 81.9 cm³/mol. The van der Waals surface area contributed by atoms with Gasteiger partial charge in [-0.1, -0.05) is 28.1 Å². The minimum absolute atomic E-state index is 0.0243. The molecule has 0 atom stereocenters. The smallest absolute Gasteiger partial charge is 0.306 e. The lowest BCUT2D eigenvalue weighted by Gasteiger charge is -2.05. The first kappa shape index (κ1) is 17.9. The van der Waals surface area contributed by atoms with Crippen molar-refractivity contribution < 1.29 is 19.1 Å². The summed E-state index contributed by atoms with van der Waals surface area (Å²) < 4.78 is 5.61. The summed E-state index contributed by atoms with van der Waals surface area (Å²) in [6.45, 7) is -0.189. The summed E-state index contributed by atoms with van der Waals surface area (Å²) in [4.78, 5) is 34.5. The monoisotopic (exact) mass is 366 g/mol. The SMILES string of the molecule is N#CCCNC(=O)COC(=O)CCC(=O)c1ccc(Br)cc1. The third kappa shape index (κ3) is 6.99. The maximum atomic E-state index is 11.8. The van der Waals surface area contributed by atoms with Gasteiger partial charge in [0.15, 0.2) is 12.4 Å². The lowest BCUT2D eigenvalue weighted by Crippen LogP contribution is -2.29. The van der Waals surface area contributed by atoms with E-state index in [0.29, 0.717) is 5.56 Å². The van der Waals surface area contributed by atoms with Crippen molar-refractivity contribution >= 4 is 33.6 Å². The normalized spacial score (nSPS) is 9.64. The molecule has 1 aromatic carbocycles. The van der Waals surface area contributed by atoms with Gasteiger partial charge in [-0.2, -0.15) is 5.26 Å². The molecule has 0 aromatic heterocycles. The second kappa shape index (κ2) is 9.68. The Morgan fingerprint density at radius 1 is 1.18 bits per heavy atom. The summed E-state index contributed by atoms with van der Waals surface area (Å²) in [7, 11) is 0. The van der Waals surface area contributed by atoms with Gasteiger partial charge in [-0.3, -0.25) is 14.4 Å². The van der Waals surface area contributed by atoms with Crippen LogP contribution in [0.3, 0.4) is 0 Å².